The topological polar surface area (TPSA) is 46.2 Å². The second kappa shape index (κ2) is 4.54. The summed E-state index contributed by atoms with van der Waals surface area (Å²) in [6.07, 6.45) is 0.493. The zero-order valence-electron chi connectivity index (χ0n) is 7.67. The third-order valence-electron chi connectivity index (χ3n) is 1.67. The molecule has 2 nitrogen and oxygen atoms in total. The monoisotopic (exact) mass is 175 g/mol. The number of aliphatic hydroxyl groups is 1. The lowest BCUT2D eigenvalue weighted by Gasteiger charge is -1.98. The summed E-state index contributed by atoms with van der Waals surface area (Å²) in [4.78, 5) is 0. The van der Waals surface area contributed by atoms with E-state index in [0.29, 0.717) is 12.1 Å². The second-order valence-electron chi connectivity index (χ2n) is 2.87. The molecule has 13 heavy (non-hydrogen) atoms. The van der Waals surface area contributed by atoms with Crippen molar-refractivity contribution in [3.63, 3.8) is 0 Å². The highest BCUT2D eigenvalue weighted by atomic mass is 16.2. The minimum atomic E-state index is 0.0960. The van der Waals surface area contributed by atoms with Crippen LogP contribution in [0.25, 0.3) is 0 Å². The summed E-state index contributed by atoms with van der Waals surface area (Å²) >= 11 is 0. The fourth-order valence-electron chi connectivity index (χ4n) is 0.992. The molecule has 0 aliphatic carbocycles. The van der Waals surface area contributed by atoms with Gasteiger partial charge in [0.2, 0.25) is 0 Å². The minimum Gasteiger partial charge on any atom is -0.398 e. The van der Waals surface area contributed by atoms with E-state index in [9.17, 15) is 0 Å². The number of hydrogen-bond donors (Lipinski definition) is 2. The Morgan fingerprint density at radius 1 is 1.46 bits per heavy atom. The molecule has 0 spiro atoms. The highest BCUT2D eigenvalue weighted by molar-refractivity contribution is 5.56. The maximum Gasteiger partial charge on any atom is 0.0540 e. The van der Waals surface area contributed by atoms with Crippen molar-refractivity contribution in [2.75, 3.05) is 12.3 Å². The van der Waals surface area contributed by atoms with E-state index in [1.165, 1.54) is 0 Å². The molecule has 0 aromatic heterocycles. The van der Waals surface area contributed by atoms with Crippen LogP contribution in [-0.4, -0.2) is 11.7 Å². The average molecular weight is 175 g/mol. The zero-order chi connectivity index (χ0) is 9.68. The van der Waals surface area contributed by atoms with Gasteiger partial charge in [-0.3, -0.25) is 0 Å². The van der Waals surface area contributed by atoms with Gasteiger partial charge in [-0.2, -0.15) is 0 Å². The van der Waals surface area contributed by atoms with Crippen LogP contribution in [-0.2, 0) is 0 Å². The molecular formula is C11H13NO. The van der Waals surface area contributed by atoms with Gasteiger partial charge in [0.1, 0.15) is 0 Å². The number of rotatable bonds is 1. The molecule has 0 saturated carbocycles. The first kappa shape index (κ1) is 9.63. The molecule has 2 heteroatoms. The highest BCUT2D eigenvalue weighted by Gasteiger charge is 1.93. The Bertz CT molecular complexity index is 347. The van der Waals surface area contributed by atoms with Gasteiger partial charge in [-0.15, -0.1) is 0 Å². The molecule has 1 rings (SSSR count). The van der Waals surface area contributed by atoms with E-state index < -0.39 is 0 Å². The average Bonchev–Trinajstić information content (AvgIpc) is 2.11. The zero-order valence-corrected chi connectivity index (χ0v) is 7.67. The molecule has 1 aromatic rings. The Labute approximate surface area is 78.4 Å². The summed E-state index contributed by atoms with van der Waals surface area (Å²) in [5, 5.41) is 8.53. The number of nitrogen functional groups attached to an aromatic ring is 1. The second-order valence-corrected chi connectivity index (χ2v) is 2.87. The molecule has 0 aliphatic rings. The van der Waals surface area contributed by atoms with Crippen LogP contribution in [0.3, 0.4) is 0 Å². The quantitative estimate of drug-likeness (QED) is 0.499. The fourth-order valence-corrected chi connectivity index (χ4v) is 0.992. The van der Waals surface area contributed by atoms with E-state index in [1.807, 2.05) is 25.1 Å². The SMILES string of the molecule is Cc1ccc(N)c(C#CCCO)c1. The molecule has 0 bridgehead atoms. The normalized spacial score (nSPS) is 9.08. The van der Waals surface area contributed by atoms with Crippen molar-refractivity contribution < 1.29 is 5.11 Å². The Morgan fingerprint density at radius 2 is 2.23 bits per heavy atom. The lowest BCUT2D eigenvalue weighted by atomic mass is 10.1. The van der Waals surface area contributed by atoms with E-state index >= 15 is 0 Å². The summed E-state index contributed by atoms with van der Waals surface area (Å²) in [5.74, 6) is 5.76. The van der Waals surface area contributed by atoms with Gasteiger partial charge >= 0.3 is 0 Å². The van der Waals surface area contributed by atoms with Gasteiger partial charge in [-0.05, 0) is 24.6 Å². The standard InChI is InChI=1S/C11H13NO/c1-9-5-6-11(12)10(8-9)4-2-3-7-13/h5-6,8,13H,3,7,12H2,1H3. The summed E-state index contributed by atoms with van der Waals surface area (Å²) in [7, 11) is 0. The molecule has 0 atom stereocenters. The molecule has 3 N–H and O–H groups in total. The molecule has 0 saturated heterocycles. The lowest BCUT2D eigenvalue weighted by Crippen LogP contribution is -1.90. The summed E-state index contributed by atoms with van der Waals surface area (Å²) in [5.41, 5.74) is 8.38. The Morgan fingerprint density at radius 3 is 2.92 bits per heavy atom. The third-order valence-corrected chi connectivity index (χ3v) is 1.67. The van der Waals surface area contributed by atoms with Crippen LogP contribution in [0, 0.1) is 18.8 Å². The van der Waals surface area contributed by atoms with Gasteiger partial charge in [0.05, 0.1) is 6.61 Å². The maximum atomic E-state index is 8.53. The molecule has 0 amide bonds. The molecule has 1 aromatic carbocycles. The first-order valence-electron chi connectivity index (χ1n) is 4.20. The summed E-state index contributed by atoms with van der Waals surface area (Å²) in [6, 6.07) is 5.74. The smallest absolute Gasteiger partial charge is 0.0540 e. The van der Waals surface area contributed by atoms with Crippen LogP contribution in [0.2, 0.25) is 0 Å². The van der Waals surface area contributed by atoms with E-state index in [1.54, 1.807) is 0 Å². The van der Waals surface area contributed by atoms with E-state index in [2.05, 4.69) is 11.8 Å². The minimum absolute atomic E-state index is 0.0960. The fraction of sp³-hybridized carbons (Fsp3) is 0.273. The number of aliphatic hydroxyl groups excluding tert-OH is 1. The van der Waals surface area contributed by atoms with Crippen LogP contribution in [0.5, 0.6) is 0 Å². The first-order valence-corrected chi connectivity index (χ1v) is 4.20. The number of hydrogen-bond acceptors (Lipinski definition) is 2. The van der Waals surface area contributed by atoms with Crippen molar-refractivity contribution in [3.8, 4) is 11.8 Å². The maximum absolute atomic E-state index is 8.53. The number of nitrogens with two attached hydrogens (primary N) is 1. The number of aryl methyl sites for hydroxylation is 1. The molecule has 0 aliphatic heterocycles. The van der Waals surface area contributed by atoms with Gasteiger partial charge in [0.25, 0.3) is 0 Å². The molecule has 0 radical (unpaired) electrons. The van der Waals surface area contributed by atoms with Gasteiger partial charge < -0.3 is 10.8 Å². The summed E-state index contributed by atoms with van der Waals surface area (Å²) < 4.78 is 0. The van der Waals surface area contributed by atoms with Crippen LogP contribution >= 0.6 is 0 Å². The summed E-state index contributed by atoms with van der Waals surface area (Å²) in [6.45, 7) is 2.09. The number of anilines is 1. The van der Waals surface area contributed by atoms with Crippen LogP contribution < -0.4 is 5.73 Å². The van der Waals surface area contributed by atoms with Crippen molar-refractivity contribution in [3.05, 3.63) is 29.3 Å². The molecule has 68 valence electrons. The van der Waals surface area contributed by atoms with E-state index in [0.717, 1.165) is 11.1 Å². The Hall–Kier alpha value is -1.46. The highest BCUT2D eigenvalue weighted by Crippen LogP contribution is 2.11. The van der Waals surface area contributed by atoms with Crippen LogP contribution in [0.1, 0.15) is 17.5 Å². The van der Waals surface area contributed by atoms with E-state index in [-0.39, 0.29) is 6.61 Å². The predicted octanol–water partition coefficient (Wildman–Crippen LogP) is 1.31. The van der Waals surface area contributed by atoms with Crippen molar-refractivity contribution in [2.24, 2.45) is 0 Å². The van der Waals surface area contributed by atoms with Gasteiger partial charge in [-0.25, -0.2) is 0 Å². The van der Waals surface area contributed by atoms with Gasteiger partial charge in [-0.1, -0.05) is 17.9 Å². The van der Waals surface area contributed by atoms with Crippen molar-refractivity contribution in [2.45, 2.75) is 13.3 Å². The molecule has 0 fully saturated rings. The van der Waals surface area contributed by atoms with Crippen molar-refractivity contribution in [1.82, 2.24) is 0 Å². The van der Waals surface area contributed by atoms with Crippen LogP contribution in [0.15, 0.2) is 18.2 Å². The largest absolute Gasteiger partial charge is 0.398 e. The van der Waals surface area contributed by atoms with Crippen molar-refractivity contribution >= 4 is 5.69 Å². The molecule has 0 unspecified atom stereocenters. The van der Waals surface area contributed by atoms with Crippen LogP contribution in [0.4, 0.5) is 5.69 Å². The third kappa shape index (κ3) is 2.81. The Balaban J connectivity index is 2.89. The van der Waals surface area contributed by atoms with Gasteiger partial charge in [0, 0.05) is 17.7 Å². The first-order chi connectivity index (χ1) is 6.24. The van der Waals surface area contributed by atoms with Gasteiger partial charge in [0.15, 0.2) is 0 Å². The molecule has 0 heterocycles. The lowest BCUT2D eigenvalue weighted by molar-refractivity contribution is 0.305. The van der Waals surface area contributed by atoms with Crippen molar-refractivity contribution in [1.29, 1.82) is 0 Å². The van der Waals surface area contributed by atoms with E-state index in [4.69, 9.17) is 10.8 Å². The predicted molar refractivity (Wildman–Crippen MR) is 54.2 cm³/mol. The number of benzene rings is 1. The molecular weight excluding hydrogens is 162 g/mol. The Kier molecular flexibility index (Phi) is 3.36.